The number of carbonyl (C=O) groups is 2. The van der Waals surface area contributed by atoms with Gasteiger partial charge in [0.15, 0.2) is 0 Å². The Kier molecular flexibility index (Phi) is 3.27. The molecule has 0 aromatic heterocycles. The minimum atomic E-state index is -0.0972. The molecule has 2 amide bonds. The number of rotatable bonds is 3. The first kappa shape index (κ1) is 12.0. The van der Waals surface area contributed by atoms with E-state index in [4.69, 9.17) is 0 Å². The Hall–Kier alpha value is -1.06. The van der Waals surface area contributed by atoms with Crippen LogP contribution in [0.3, 0.4) is 0 Å². The van der Waals surface area contributed by atoms with E-state index in [1.165, 1.54) is 19.3 Å². The van der Waals surface area contributed by atoms with E-state index >= 15 is 0 Å². The zero-order chi connectivity index (χ0) is 12.5. The van der Waals surface area contributed by atoms with E-state index in [0.717, 1.165) is 25.7 Å². The summed E-state index contributed by atoms with van der Waals surface area (Å²) in [5.74, 6) is 0.196. The van der Waals surface area contributed by atoms with E-state index in [-0.39, 0.29) is 17.7 Å². The third-order valence-electron chi connectivity index (χ3n) is 4.47. The molecule has 1 saturated heterocycles. The molecule has 18 heavy (non-hydrogen) atoms. The third kappa shape index (κ3) is 2.52. The summed E-state index contributed by atoms with van der Waals surface area (Å²) >= 11 is 0. The van der Waals surface area contributed by atoms with Gasteiger partial charge < -0.3 is 10.2 Å². The Balaban J connectivity index is 1.56. The topological polar surface area (TPSA) is 49.4 Å². The van der Waals surface area contributed by atoms with Crippen LogP contribution >= 0.6 is 0 Å². The lowest BCUT2D eigenvalue weighted by Crippen LogP contribution is -2.39. The highest BCUT2D eigenvalue weighted by atomic mass is 16.2. The fourth-order valence-electron chi connectivity index (χ4n) is 3.20. The van der Waals surface area contributed by atoms with Crippen LogP contribution in [-0.2, 0) is 9.59 Å². The van der Waals surface area contributed by atoms with E-state index in [2.05, 4.69) is 5.32 Å². The molecule has 3 fully saturated rings. The Morgan fingerprint density at radius 1 is 1.11 bits per heavy atom. The molecule has 100 valence electrons. The molecule has 1 atom stereocenters. The Morgan fingerprint density at radius 3 is 2.50 bits per heavy atom. The molecule has 0 unspecified atom stereocenters. The summed E-state index contributed by atoms with van der Waals surface area (Å²) < 4.78 is 0. The number of carbonyl (C=O) groups excluding carboxylic acids is 2. The molecule has 0 bridgehead atoms. The van der Waals surface area contributed by atoms with Gasteiger partial charge in [0.1, 0.15) is 0 Å². The molecule has 0 radical (unpaired) electrons. The Labute approximate surface area is 108 Å². The van der Waals surface area contributed by atoms with Crippen molar-refractivity contribution >= 4 is 11.8 Å². The standard InChI is InChI=1S/C14H22N2O2/c17-13-8-10(14(18)15-11-6-7-11)9-16(13)12-4-2-1-3-5-12/h10-12H,1-9H2,(H,15,18)/t10-/m0/s1. The Bertz CT molecular complexity index is 346. The lowest BCUT2D eigenvalue weighted by Gasteiger charge is -2.31. The third-order valence-corrected chi connectivity index (χ3v) is 4.47. The van der Waals surface area contributed by atoms with Crippen molar-refractivity contribution in [3.05, 3.63) is 0 Å². The van der Waals surface area contributed by atoms with Crippen molar-refractivity contribution in [3.8, 4) is 0 Å². The SMILES string of the molecule is O=C(NC1CC1)[C@H]1CC(=O)N(C2CCCCC2)C1. The van der Waals surface area contributed by atoms with E-state index in [0.29, 0.717) is 25.0 Å². The predicted octanol–water partition coefficient (Wildman–Crippen LogP) is 1.45. The van der Waals surface area contributed by atoms with Gasteiger partial charge in [0.25, 0.3) is 0 Å². The number of hydrogen-bond donors (Lipinski definition) is 1. The van der Waals surface area contributed by atoms with Gasteiger partial charge in [0.2, 0.25) is 11.8 Å². The summed E-state index contributed by atoms with van der Waals surface area (Å²) in [5, 5.41) is 3.02. The quantitative estimate of drug-likeness (QED) is 0.824. The van der Waals surface area contributed by atoms with Crippen LogP contribution in [0.5, 0.6) is 0 Å². The summed E-state index contributed by atoms with van der Waals surface area (Å²) in [7, 11) is 0. The van der Waals surface area contributed by atoms with Crippen LogP contribution in [-0.4, -0.2) is 35.3 Å². The first-order valence-corrected chi connectivity index (χ1v) is 7.34. The number of hydrogen-bond acceptors (Lipinski definition) is 2. The second kappa shape index (κ2) is 4.90. The van der Waals surface area contributed by atoms with E-state index in [9.17, 15) is 9.59 Å². The average Bonchev–Trinajstić information content (AvgIpc) is 3.10. The lowest BCUT2D eigenvalue weighted by atomic mass is 9.94. The van der Waals surface area contributed by atoms with Gasteiger partial charge in [-0.05, 0) is 25.7 Å². The van der Waals surface area contributed by atoms with Crippen molar-refractivity contribution in [3.63, 3.8) is 0 Å². The van der Waals surface area contributed by atoms with Crippen LogP contribution in [0.4, 0.5) is 0 Å². The monoisotopic (exact) mass is 250 g/mol. The Morgan fingerprint density at radius 2 is 1.83 bits per heavy atom. The van der Waals surface area contributed by atoms with Crippen molar-refractivity contribution in [1.29, 1.82) is 0 Å². The highest BCUT2D eigenvalue weighted by Crippen LogP contribution is 2.29. The molecule has 1 aliphatic heterocycles. The fourth-order valence-corrected chi connectivity index (χ4v) is 3.20. The second-order valence-corrected chi connectivity index (χ2v) is 6.02. The van der Waals surface area contributed by atoms with Gasteiger partial charge >= 0.3 is 0 Å². The normalized spacial score (nSPS) is 29.7. The molecule has 4 nitrogen and oxygen atoms in total. The average molecular weight is 250 g/mol. The van der Waals surface area contributed by atoms with Gasteiger partial charge in [-0.2, -0.15) is 0 Å². The zero-order valence-corrected chi connectivity index (χ0v) is 10.9. The number of amides is 2. The summed E-state index contributed by atoms with van der Waals surface area (Å²) in [6, 6.07) is 0.807. The van der Waals surface area contributed by atoms with Crippen LogP contribution in [0.2, 0.25) is 0 Å². The highest BCUT2D eigenvalue weighted by molar-refractivity contribution is 5.89. The maximum absolute atomic E-state index is 12.0. The minimum absolute atomic E-state index is 0.0972. The number of nitrogens with zero attached hydrogens (tertiary/aromatic N) is 1. The first-order valence-electron chi connectivity index (χ1n) is 7.34. The van der Waals surface area contributed by atoms with E-state index in [1.807, 2.05) is 4.90 Å². The number of likely N-dealkylation sites (tertiary alicyclic amines) is 1. The summed E-state index contributed by atoms with van der Waals surface area (Å²) in [5.41, 5.74) is 0. The van der Waals surface area contributed by atoms with Crippen molar-refractivity contribution in [1.82, 2.24) is 10.2 Å². The smallest absolute Gasteiger partial charge is 0.225 e. The maximum atomic E-state index is 12.0. The van der Waals surface area contributed by atoms with Crippen molar-refractivity contribution < 1.29 is 9.59 Å². The van der Waals surface area contributed by atoms with Crippen LogP contribution in [0.15, 0.2) is 0 Å². The van der Waals surface area contributed by atoms with Gasteiger partial charge in [-0.25, -0.2) is 0 Å². The van der Waals surface area contributed by atoms with Gasteiger partial charge in [-0.15, -0.1) is 0 Å². The molecule has 1 heterocycles. The summed E-state index contributed by atoms with van der Waals surface area (Å²) in [4.78, 5) is 26.0. The molecule has 0 aromatic rings. The molecular weight excluding hydrogens is 228 g/mol. The van der Waals surface area contributed by atoms with Crippen LogP contribution in [0.1, 0.15) is 51.4 Å². The molecule has 3 rings (SSSR count). The molecule has 2 saturated carbocycles. The van der Waals surface area contributed by atoms with Gasteiger partial charge in [-0.1, -0.05) is 19.3 Å². The lowest BCUT2D eigenvalue weighted by molar-refractivity contribution is -0.130. The number of nitrogens with one attached hydrogen (secondary N) is 1. The molecule has 3 aliphatic rings. The minimum Gasteiger partial charge on any atom is -0.353 e. The largest absolute Gasteiger partial charge is 0.353 e. The first-order chi connectivity index (χ1) is 8.74. The van der Waals surface area contributed by atoms with Crippen LogP contribution in [0, 0.1) is 5.92 Å². The second-order valence-electron chi connectivity index (χ2n) is 6.02. The molecule has 2 aliphatic carbocycles. The van der Waals surface area contributed by atoms with Crippen LogP contribution in [0.25, 0.3) is 0 Å². The molecule has 1 N–H and O–H groups in total. The summed E-state index contributed by atoms with van der Waals surface area (Å²) in [6.07, 6.45) is 8.66. The van der Waals surface area contributed by atoms with Gasteiger partial charge in [-0.3, -0.25) is 9.59 Å². The summed E-state index contributed by atoms with van der Waals surface area (Å²) in [6.45, 7) is 0.655. The zero-order valence-electron chi connectivity index (χ0n) is 10.9. The van der Waals surface area contributed by atoms with Gasteiger partial charge in [0, 0.05) is 25.0 Å². The van der Waals surface area contributed by atoms with E-state index in [1.54, 1.807) is 0 Å². The van der Waals surface area contributed by atoms with Gasteiger partial charge in [0.05, 0.1) is 5.92 Å². The predicted molar refractivity (Wildman–Crippen MR) is 67.9 cm³/mol. The van der Waals surface area contributed by atoms with Crippen molar-refractivity contribution in [2.45, 2.75) is 63.5 Å². The molecular formula is C14H22N2O2. The molecule has 0 aromatic carbocycles. The van der Waals surface area contributed by atoms with Crippen molar-refractivity contribution in [2.75, 3.05) is 6.54 Å². The van der Waals surface area contributed by atoms with Crippen LogP contribution < -0.4 is 5.32 Å². The molecule has 0 spiro atoms. The van der Waals surface area contributed by atoms with E-state index < -0.39 is 0 Å². The fraction of sp³-hybridized carbons (Fsp3) is 0.857. The van der Waals surface area contributed by atoms with Crippen molar-refractivity contribution in [2.24, 2.45) is 5.92 Å². The maximum Gasteiger partial charge on any atom is 0.225 e. The molecule has 4 heteroatoms. The highest BCUT2D eigenvalue weighted by Gasteiger charge is 2.39.